The molecular weight excluding hydrogens is 509 g/mol. The molecule has 178 valence electrons. The lowest BCUT2D eigenvalue weighted by Gasteiger charge is -2.32. The van der Waals surface area contributed by atoms with Crippen molar-refractivity contribution in [3.05, 3.63) is 82.3 Å². The Balaban J connectivity index is 1.42. The lowest BCUT2D eigenvalue weighted by atomic mass is 10.1. The number of hydrogen-bond donors (Lipinski definition) is 1. The average molecular weight is 528 g/mol. The smallest absolute Gasteiger partial charge is 0.238 e. The third kappa shape index (κ3) is 5.40. The van der Waals surface area contributed by atoms with Crippen molar-refractivity contribution < 1.29 is 19.1 Å². The average Bonchev–Trinajstić information content (AvgIpc) is 3.30. The summed E-state index contributed by atoms with van der Waals surface area (Å²) in [7, 11) is 0. The number of anilines is 1. The van der Waals surface area contributed by atoms with E-state index in [-0.39, 0.29) is 31.6 Å². The molecule has 0 aromatic heterocycles. The second kappa shape index (κ2) is 10.2. The molecule has 5 rings (SSSR count). The number of carbonyl (C=O) groups excluding carboxylic acids is 2. The molecule has 0 spiro atoms. The van der Waals surface area contributed by atoms with Crippen molar-refractivity contribution in [3.63, 3.8) is 0 Å². The minimum atomic E-state index is -0.676. The number of nitrogens with zero attached hydrogens (tertiary/aromatic N) is 2. The van der Waals surface area contributed by atoms with Crippen LogP contribution in [0.3, 0.4) is 0 Å². The van der Waals surface area contributed by atoms with E-state index in [4.69, 9.17) is 32.7 Å². The van der Waals surface area contributed by atoms with Crippen molar-refractivity contribution >= 4 is 63.3 Å². The zero-order valence-corrected chi connectivity index (χ0v) is 20.6. The molecule has 2 aliphatic rings. The van der Waals surface area contributed by atoms with E-state index in [1.165, 1.54) is 11.8 Å². The zero-order chi connectivity index (χ0) is 24.4. The maximum Gasteiger partial charge on any atom is 0.238 e. The highest BCUT2D eigenvalue weighted by atomic mass is 35.5. The van der Waals surface area contributed by atoms with Crippen molar-refractivity contribution in [1.82, 2.24) is 4.90 Å². The van der Waals surface area contributed by atoms with Crippen LogP contribution in [0.4, 0.5) is 11.4 Å². The number of ether oxygens (including phenoxy) is 2. The summed E-state index contributed by atoms with van der Waals surface area (Å²) in [6, 6.07) is 19.5. The highest BCUT2D eigenvalue weighted by Crippen LogP contribution is 2.35. The Hall–Kier alpha value is -3.20. The van der Waals surface area contributed by atoms with Crippen LogP contribution < -0.4 is 14.8 Å². The Kier molecular flexibility index (Phi) is 6.86. The van der Waals surface area contributed by atoms with Gasteiger partial charge in [-0.15, -0.1) is 0 Å². The first-order valence-electron chi connectivity index (χ1n) is 10.7. The molecule has 7 nitrogen and oxygen atoms in total. The minimum absolute atomic E-state index is 0.0140. The van der Waals surface area contributed by atoms with Crippen molar-refractivity contribution in [2.75, 3.05) is 12.1 Å². The van der Waals surface area contributed by atoms with Crippen LogP contribution in [-0.4, -0.2) is 33.9 Å². The number of halogens is 2. The number of carbonyl (C=O) groups is 2. The van der Waals surface area contributed by atoms with Gasteiger partial charge in [0.1, 0.15) is 5.25 Å². The van der Waals surface area contributed by atoms with Crippen LogP contribution in [0.2, 0.25) is 10.0 Å². The van der Waals surface area contributed by atoms with E-state index in [0.29, 0.717) is 38.1 Å². The van der Waals surface area contributed by atoms with Gasteiger partial charge in [-0.05, 0) is 48.0 Å². The Bertz CT molecular complexity index is 1330. The second-order valence-electron chi connectivity index (χ2n) is 7.82. The normalized spacial score (nSPS) is 18.1. The number of hydrogen-bond acceptors (Lipinski definition) is 6. The molecule has 0 saturated carbocycles. The number of benzene rings is 3. The fraction of sp³-hybridized carbons (Fsp3) is 0.160. The number of para-hydroxylation sites is 1. The van der Waals surface area contributed by atoms with E-state index >= 15 is 0 Å². The van der Waals surface area contributed by atoms with E-state index in [1.54, 1.807) is 53.4 Å². The maximum atomic E-state index is 13.3. The van der Waals surface area contributed by atoms with Gasteiger partial charge in [0.05, 0.1) is 22.9 Å². The van der Waals surface area contributed by atoms with Crippen molar-refractivity contribution in [3.8, 4) is 11.5 Å². The van der Waals surface area contributed by atoms with Crippen molar-refractivity contribution in [2.24, 2.45) is 4.99 Å². The summed E-state index contributed by atoms with van der Waals surface area (Å²) in [6.45, 7) is 0.432. The largest absolute Gasteiger partial charge is 0.454 e. The number of fused-ring (bicyclic) bond motifs is 1. The third-order valence-electron chi connectivity index (χ3n) is 5.37. The van der Waals surface area contributed by atoms with Crippen molar-refractivity contribution in [2.45, 2.75) is 18.2 Å². The standard InChI is InChI=1S/C25H19Cl2N3O4S/c26-16-4-3-5-17(11-16)28-25-30(13-15-8-9-20-21(10-15)34-14-33-20)23(31)12-22(35-25)24(32)29-19-7-2-1-6-18(19)27/h1-11,22H,12-14H2,(H,29,32). The van der Waals surface area contributed by atoms with Gasteiger partial charge < -0.3 is 14.8 Å². The summed E-state index contributed by atoms with van der Waals surface area (Å²) in [6.07, 6.45) is 0.0140. The molecule has 0 radical (unpaired) electrons. The lowest BCUT2D eigenvalue weighted by Crippen LogP contribution is -2.44. The first-order chi connectivity index (χ1) is 17.0. The molecule has 3 aromatic rings. The summed E-state index contributed by atoms with van der Waals surface area (Å²) < 4.78 is 10.8. The molecule has 1 atom stereocenters. The summed E-state index contributed by atoms with van der Waals surface area (Å²) in [4.78, 5) is 32.6. The molecule has 2 aliphatic heterocycles. The molecule has 2 amide bonds. The Morgan fingerprint density at radius 3 is 2.71 bits per heavy atom. The predicted octanol–water partition coefficient (Wildman–Crippen LogP) is 5.88. The molecule has 1 N–H and O–H groups in total. The van der Waals surface area contributed by atoms with Crippen LogP contribution in [0.25, 0.3) is 0 Å². The second-order valence-corrected chi connectivity index (χ2v) is 9.83. The Labute approximate surface area is 216 Å². The first kappa shape index (κ1) is 23.5. The predicted molar refractivity (Wildman–Crippen MR) is 138 cm³/mol. The molecule has 0 aliphatic carbocycles. The number of aliphatic imine (C=N–C) groups is 1. The molecule has 2 heterocycles. The highest BCUT2D eigenvalue weighted by molar-refractivity contribution is 8.15. The van der Waals surface area contributed by atoms with E-state index in [1.807, 2.05) is 18.2 Å². The van der Waals surface area contributed by atoms with Crippen LogP contribution in [0.1, 0.15) is 12.0 Å². The molecule has 1 saturated heterocycles. The first-order valence-corrected chi connectivity index (χ1v) is 12.3. The number of amides is 2. The van der Waals surface area contributed by atoms with Gasteiger partial charge in [0, 0.05) is 11.4 Å². The summed E-state index contributed by atoms with van der Waals surface area (Å²) in [5.41, 5.74) is 1.92. The van der Waals surface area contributed by atoms with Gasteiger partial charge >= 0.3 is 0 Å². The monoisotopic (exact) mass is 527 g/mol. The fourth-order valence-corrected chi connectivity index (χ4v) is 5.12. The SMILES string of the molecule is O=C(Nc1ccccc1Cl)C1CC(=O)N(Cc2ccc3c(c2)OCO3)C(=Nc2cccc(Cl)c2)S1. The Morgan fingerprint density at radius 2 is 1.89 bits per heavy atom. The molecule has 3 aromatic carbocycles. The molecular formula is C25H19Cl2N3O4S. The molecule has 10 heteroatoms. The molecule has 0 bridgehead atoms. The summed E-state index contributed by atoms with van der Waals surface area (Å²) in [5, 5.41) is 3.49. The topological polar surface area (TPSA) is 80.2 Å². The third-order valence-corrected chi connectivity index (χ3v) is 7.13. The fourth-order valence-electron chi connectivity index (χ4n) is 3.65. The van der Waals surface area contributed by atoms with Gasteiger partial charge in [0.25, 0.3) is 0 Å². The van der Waals surface area contributed by atoms with E-state index in [0.717, 1.165) is 5.56 Å². The summed E-state index contributed by atoms with van der Waals surface area (Å²) in [5.74, 6) is 0.752. The van der Waals surface area contributed by atoms with Crippen molar-refractivity contribution in [1.29, 1.82) is 0 Å². The van der Waals surface area contributed by atoms with Gasteiger partial charge in [-0.1, -0.05) is 59.2 Å². The number of nitrogens with one attached hydrogen (secondary N) is 1. The van der Waals surface area contributed by atoms with Crippen LogP contribution in [-0.2, 0) is 16.1 Å². The van der Waals surface area contributed by atoms with Gasteiger partial charge in [-0.25, -0.2) is 4.99 Å². The minimum Gasteiger partial charge on any atom is -0.454 e. The zero-order valence-electron chi connectivity index (χ0n) is 18.2. The van der Waals surface area contributed by atoms with Crippen LogP contribution in [0.5, 0.6) is 11.5 Å². The van der Waals surface area contributed by atoms with Gasteiger partial charge in [0.2, 0.25) is 18.6 Å². The maximum absolute atomic E-state index is 13.3. The lowest BCUT2D eigenvalue weighted by molar-refractivity contribution is -0.129. The molecule has 35 heavy (non-hydrogen) atoms. The highest BCUT2D eigenvalue weighted by Gasteiger charge is 2.36. The molecule has 1 fully saturated rings. The summed E-state index contributed by atoms with van der Waals surface area (Å²) >= 11 is 13.5. The van der Waals surface area contributed by atoms with Gasteiger partial charge in [-0.3, -0.25) is 14.5 Å². The quantitative estimate of drug-likeness (QED) is 0.447. The molecule has 1 unspecified atom stereocenters. The Morgan fingerprint density at radius 1 is 1.06 bits per heavy atom. The van der Waals surface area contributed by atoms with E-state index < -0.39 is 5.25 Å². The van der Waals surface area contributed by atoms with Gasteiger partial charge in [-0.2, -0.15) is 0 Å². The number of amidine groups is 1. The number of rotatable bonds is 5. The van der Waals surface area contributed by atoms with Crippen LogP contribution in [0.15, 0.2) is 71.7 Å². The van der Waals surface area contributed by atoms with Crippen LogP contribution in [0, 0.1) is 0 Å². The van der Waals surface area contributed by atoms with E-state index in [9.17, 15) is 9.59 Å². The van der Waals surface area contributed by atoms with E-state index in [2.05, 4.69) is 10.3 Å². The van der Waals surface area contributed by atoms with Crippen LogP contribution >= 0.6 is 35.0 Å². The number of thioether (sulfide) groups is 1. The van der Waals surface area contributed by atoms with Gasteiger partial charge in [0.15, 0.2) is 16.7 Å².